The first-order chi connectivity index (χ1) is 9.50. The summed E-state index contributed by atoms with van der Waals surface area (Å²) in [6, 6.07) is 5.66. The molecule has 0 unspecified atom stereocenters. The van der Waals surface area contributed by atoms with Gasteiger partial charge in [-0.1, -0.05) is 12.1 Å². The summed E-state index contributed by atoms with van der Waals surface area (Å²) in [4.78, 5) is 13.0. The fourth-order valence-corrected chi connectivity index (χ4v) is 3.69. The highest BCUT2D eigenvalue weighted by Gasteiger charge is 2.37. The number of piperazine rings is 1. The fraction of sp³-hybridized carbons (Fsp3) is 0.333. The number of aliphatic carboxylic acids is 1. The van der Waals surface area contributed by atoms with Crippen molar-refractivity contribution in [1.29, 1.82) is 0 Å². The van der Waals surface area contributed by atoms with E-state index < -0.39 is 22.0 Å². The summed E-state index contributed by atoms with van der Waals surface area (Å²) in [5.74, 6) is -0.767. The average Bonchev–Trinajstić information content (AvgIpc) is 2.71. The number of amidine groups is 1. The van der Waals surface area contributed by atoms with Crippen molar-refractivity contribution in [2.75, 3.05) is 19.6 Å². The van der Waals surface area contributed by atoms with Gasteiger partial charge in [-0.25, -0.2) is 4.79 Å². The average molecular weight is 295 g/mol. The van der Waals surface area contributed by atoms with Crippen LogP contribution in [0.4, 0.5) is 0 Å². The summed E-state index contributed by atoms with van der Waals surface area (Å²) in [6.07, 6.45) is 0. The van der Waals surface area contributed by atoms with E-state index in [0.717, 1.165) is 0 Å². The van der Waals surface area contributed by atoms with E-state index in [0.29, 0.717) is 18.7 Å². The normalized spacial score (nSPS) is 24.1. The second kappa shape index (κ2) is 4.57. The molecule has 0 spiro atoms. The predicted molar refractivity (Wildman–Crippen MR) is 71.2 cm³/mol. The largest absolute Gasteiger partial charge is 0.480 e. The molecule has 0 amide bonds. The highest BCUT2D eigenvalue weighted by molar-refractivity contribution is 7.90. The van der Waals surface area contributed by atoms with Crippen molar-refractivity contribution in [1.82, 2.24) is 10.2 Å². The second-order valence-corrected chi connectivity index (χ2v) is 6.21. The van der Waals surface area contributed by atoms with Crippen molar-refractivity contribution in [3.63, 3.8) is 0 Å². The fourth-order valence-electron chi connectivity index (χ4n) is 2.47. The van der Waals surface area contributed by atoms with E-state index in [1.165, 1.54) is 6.07 Å². The Bertz CT molecular complexity index is 698. The number of nitrogens with one attached hydrogen (secondary N) is 1. The molecule has 2 aliphatic heterocycles. The standard InChI is InChI=1S/C12H13N3O4S/c16-12(17)9-7-13-5-6-15(9)11-8-3-1-2-4-10(8)20(18,19)14-11/h1-4,9,13H,5-7H2,(H,16,17)/t9-/m0/s1. The topological polar surface area (TPSA) is 99.1 Å². The van der Waals surface area contributed by atoms with Gasteiger partial charge in [0.25, 0.3) is 10.0 Å². The minimum atomic E-state index is -3.72. The summed E-state index contributed by atoms with van der Waals surface area (Å²) in [7, 11) is -3.72. The first kappa shape index (κ1) is 13.1. The summed E-state index contributed by atoms with van der Waals surface area (Å²) in [6.45, 7) is 1.25. The van der Waals surface area contributed by atoms with Gasteiger partial charge in [-0.3, -0.25) is 0 Å². The van der Waals surface area contributed by atoms with E-state index in [4.69, 9.17) is 0 Å². The van der Waals surface area contributed by atoms with Crippen molar-refractivity contribution >= 4 is 21.8 Å². The summed E-state index contributed by atoms with van der Waals surface area (Å²) in [5.41, 5.74) is 0.473. The second-order valence-electron chi connectivity index (χ2n) is 4.64. The molecule has 0 aliphatic carbocycles. The minimum Gasteiger partial charge on any atom is -0.480 e. The number of hydrogen-bond acceptors (Lipinski definition) is 5. The number of sulfonamides is 1. The Morgan fingerprint density at radius 2 is 2.15 bits per heavy atom. The van der Waals surface area contributed by atoms with Gasteiger partial charge in [0.2, 0.25) is 0 Å². The van der Waals surface area contributed by atoms with Crippen LogP contribution in [0.25, 0.3) is 0 Å². The highest BCUT2D eigenvalue weighted by Crippen LogP contribution is 2.28. The molecule has 1 aromatic rings. The van der Waals surface area contributed by atoms with Crippen molar-refractivity contribution in [3.05, 3.63) is 29.8 Å². The lowest BCUT2D eigenvalue weighted by atomic mass is 10.1. The maximum absolute atomic E-state index is 12.0. The van der Waals surface area contributed by atoms with Crippen LogP contribution in [0.2, 0.25) is 0 Å². The number of hydrogen-bond donors (Lipinski definition) is 2. The van der Waals surface area contributed by atoms with Gasteiger partial charge in [0.05, 0.1) is 0 Å². The molecular formula is C12H13N3O4S. The molecule has 2 heterocycles. The van der Waals surface area contributed by atoms with Gasteiger partial charge >= 0.3 is 5.97 Å². The quantitative estimate of drug-likeness (QED) is 0.724. The number of nitrogens with zero attached hydrogens (tertiary/aromatic N) is 2. The zero-order valence-corrected chi connectivity index (χ0v) is 11.3. The monoisotopic (exact) mass is 295 g/mol. The van der Waals surface area contributed by atoms with Crippen LogP contribution in [0.1, 0.15) is 5.56 Å². The molecule has 2 N–H and O–H groups in total. The van der Waals surface area contributed by atoms with Crippen molar-refractivity contribution in [2.45, 2.75) is 10.9 Å². The molecule has 1 fully saturated rings. The van der Waals surface area contributed by atoms with Gasteiger partial charge in [0, 0.05) is 25.2 Å². The van der Waals surface area contributed by atoms with E-state index in [9.17, 15) is 18.3 Å². The zero-order chi connectivity index (χ0) is 14.3. The molecule has 20 heavy (non-hydrogen) atoms. The molecular weight excluding hydrogens is 282 g/mol. The Hall–Kier alpha value is -1.93. The number of benzene rings is 1. The minimum absolute atomic E-state index is 0.137. The number of carbonyl (C=O) groups is 1. The van der Waals surface area contributed by atoms with Crippen molar-refractivity contribution < 1.29 is 18.3 Å². The van der Waals surface area contributed by atoms with Crippen molar-refractivity contribution in [2.24, 2.45) is 4.40 Å². The molecule has 0 aromatic heterocycles. The molecule has 1 aromatic carbocycles. The molecule has 8 heteroatoms. The molecule has 7 nitrogen and oxygen atoms in total. The van der Waals surface area contributed by atoms with E-state index in [-0.39, 0.29) is 17.3 Å². The third-order valence-electron chi connectivity index (χ3n) is 3.41. The van der Waals surface area contributed by atoms with Crippen molar-refractivity contribution in [3.8, 4) is 0 Å². The predicted octanol–water partition coefficient (Wildman–Crippen LogP) is -0.506. The lowest BCUT2D eigenvalue weighted by Gasteiger charge is -2.34. The Kier molecular flexibility index (Phi) is 2.98. The Morgan fingerprint density at radius 3 is 2.90 bits per heavy atom. The molecule has 106 valence electrons. The smallest absolute Gasteiger partial charge is 0.327 e. The Morgan fingerprint density at radius 1 is 1.40 bits per heavy atom. The van der Waals surface area contributed by atoms with E-state index in [1.807, 2.05) is 0 Å². The summed E-state index contributed by atoms with van der Waals surface area (Å²) >= 11 is 0. The van der Waals surface area contributed by atoms with Crippen LogP contribution in [0.15, 0.2) is 33.6 Å². The maximum atomic E-state index is 12.0. The number of fused-ring (bicyclic) bond motifs is 1. The van der Waals surface area contributed by atoms with Crippen LogP contribution < -0.4 is 5.32 Å². The molecule has 1 saturated heterocycles. The molecule has 3 rings (SSSR count). The first-order valence-electron chi connectivity index (χ1n) is 6.15. The Labute approximate surface area is 116 Å². The lowest BCUT2D eigenvalue weighted by molar-refractivity contribution is -0.142. The molecule has 2 aliphatic rings. The summed E-state index contributed by atoms with van der Waals surface area (Å²) < 4.78 is 27.8. The van der Waals surface area contributed by atoms with Crippen LogP contribution in [0.3, 0.4) is 0 Å². The van der Waals surface area contributed by atoms with Gasteiger partial charge in [-0.2, -0.15) is 8.42 Å². The van der Waals surface area contributed by atoms with Gasteiger partial charge in [-0.05, 0) is 12.1 Å². The zero-order valence-electron chi connectivity index (χ0n) is 10.5. The van der Waals surface area contributed by atoms with E-state index >= 15 is 0 Å². The highest BCUT2D eigenvalue weighted by atomic mass is 32.2. The number of carboxylic acids is 1. The van der Waals surface area contributed by atoms with Crippen LogP contribution in [0.5, 0.6) is 0 Å². The van der Waals surface area contributed by atoms with Gasteiger partial charge in [-0.15, -0.1) is 4.40 Å². The Balaban J connectivity index is 2.08. The molecule has 0 radical (unpaired) electrons. The van der Waals surface area contributed by atoms with E-state index in [2.05, 4.69) is 9.71 Å². The van der Waals surface area contributed by atoms with Gasteiger partial charge in [0.1, 0.15) is 10.9 Å². The number of carboxylic acid groups (broad SMARTS) is 1. The third-order valence-corrected chi connectivity index (χ3v) is 4.74. The van der Waals surface area contributed by atoms with Gasteiger partial charge < -0.3 is 15.3 Å². The van der Waals surface area contributed by atoms with Gasteiger partial charge in [0.15, 0.2) is 5.84 Å². The summed E-state index contributed by atoms with van der Waals surface area (Å²) in [5, 5.41) is 12.2. The molecule has 0 bridgehead atoms. The van der Waals surface area contributed by atoms with Crippen LogP contribution in [-0.2, 0) is 14.8 Å². The van der Waals surface area contributed by atoms with E-state index in [1.54, 1.807) is 23.1 Å². The number of rotatable bonds is 1. The lowest BCUT2D eigenvalue weighted by Crippen LogP contribution is -2.57. The first-order valence-corrected chi connectivity index (χ1v) is 7.59. The van der Waals surface area contributed by atoms with Crippen LogP contribution >= 0.6 is 0 Å². The third kappa shape index (κ3) is 1.97. The maximum Gasteiger partial charge on any atom is 0.327 e. The SMILES string of the molecule is O=C(O)[C@@H]1CNCCN1C1=NS(=O)(=O)c2ccccc21. The molecule has 1 atom stereocenters. The van der Waals surface area contributed by atoms with Crippen LogP contribution in [0, 0.1) is 0 Å². The molecule has 0 saturated carbocycles. The van der Waals surface area contributed by atoms with Crippen LogP contribution in [-0.4, -0.2) is 55.9 Å².